The monoisotopic (exact) mass is 586 g/mol. The molecule has 9 heteroatoms. The van der Waals surface area contributed by atoms with Crippen LogP contribution in [0.15, 0.2) is 72.8 Å². The normalized spacial score (nSPS) is 11.3. The number of amides is 2. The Morgan fingerprint density at radius 2 is 1.56 bits per heavy atom. The van der Waals surface area contributed by atoms with Crippen LogP contribution in [-0.2, 0) is 20.9 Å². The molecule has 43 heavy (non-hydrogen) atoms. The largest absolute Gasteiger partial charge is 0.491 e. The molecule has 9 nitrogen and oxygen atoms in total. The second-order valence-electron chi connectivity index (χ2n) is 11.2. The average molecular weight is 587 g/mol. The molecule has 1 heterocycles. The highest BCUT2D eigenvalue weighted by Gasteiger charge is 2.36. The second-order valence-corrected chi connectivity index (χ2v) is 11.2. The first-order valence-electron chi connectivity index (χ1n) is 14.2. The van der Waals surface area contributed by atoms with Crippen molar-refractivity contribution >= 4 is 34.6 Å². The van der Waals surface area contributed by atoms with Gasteiger partial charge < -0.3 is 23.5 Å². The predicted molar refractivity (Wildman–Crippen MR) is 165 cm³/mol. The molecule has 0 fully saturated rings. The van der Waals surface area contributed by atoms with Crippen molar-refractivity contribution in [2.45, 2.75) is 66.8 Å². The molecular weight excluding hydrogens is 548 g/mol. The fourth-order valence-electron chi connectivity index (χ4n) is 4.60. The molecule has 226 valence electrons. The van der Waals surface area contributed by atoms with Gasteiger partial charge in [-0.2, -0.15) is 0 Å². The summed E-state index contributed by atoms with van der Waals surface area (Å²) in [5.41, 5.74) is 1.26. The van der Waals surface area contributed by atoms with Gasteiger partial charge >= 0.3 is 12.1 Å². The predicted octanol–water partition coefficient (Wildman–Crippen LogP) is 7.46. The van der Waals surface area contributed by atoms with Crippen LogP contribution >= 0.6 is 0 Å². The summed E-state index contributed by atoms with van der Waals surface area (Å²) in [6.07, 6.45) is -0.937. The van der Waals surface area contributed by atoms with Gasteiger partial charge in [0.05, 0.1) is 23.9 Å². The highest BCUT2D eigenvalue weighted by Crippen LogP contribution is 2.40. The van der Waals surface area contributed by atoms with Gasteiger partial charge in [-0.05, 0) is 89.6 Å². The van der Waals surface area contributed by atoms with E-state index < -0.39 is 23.6 Å². The molecule has 0 spiro atoms. The number of esters is 1. The van der Waals surface area contributed by atoms with E-state index in [9.17, 15) is 14.4 Å². The fourth-order valence-corrected chi connectivity index (χ4v) is 4.60. The molecule has 4 aromatic rings. The molecule has 0 N–H and O–H groups in total. The number of carbonyl (C=O) groups excluding carboxylic acids is 3. The number of aromatic nitrogens is 1. The van der Waals surface area contributed by atoms with Crippen molar-refractivity contribution in [1.82, 2.24) is 4.57 Å². The first-order chi connectivity index (χ1) is 20.4. The van der Waals surface area contributed by atoms with Crippen LogP contribution in [-0.4, -0.2) is 40.8 Å². The molecule has 0 saturated carbocycles. The van der Waals surface area contributed by atoms with Gasteiger partial charge in [-0.25, -0.2) is 14.5 Å². The van der Waals surface area contributed by atoms with E-state index in [1.807, 2.05) is 44.2 Å². The molecule has 0 aliphatic heterocycles. The Labute approximate surface area is 251 Å². The summed E-state index contributed by atoms with van der Waals surface area (Å²) in [7, 11) is 0. The highest BCUT2D eigenvalue weighted by atomic mass is 16.6. The Hall–Kier alpha value is -4.79. The SMILES string of the molecule is CCOC(=O)c1c(N(C(C)=O)C(=O)OC(C)(C)C)c2cc(OCc3ccccc3)ccc2n1-c1ccc(OC(C)C)cc1. The molecule has 4 rings (SSSR count). The molecule has 0 aliphatic carbocycles. The molecule has 0 bridgehead atoms. The Balaban J connectivity index is 1.98. The summed E-state index contributed by atoms with van der Waals surface area (Å²) in [6, 6.07) is 22.1. The van der Waals surface area contributed by atoms with Crippen molar-refractivity contribution < 1.29 is 33.3 Å². The number of benzene rings is 3. The molecule has 1 aromatic heterocycles. The number of anilines is 1. The van der Waals surface area contributed by atoms with Crippen molar-refractivity contribution in [2.24, 2.45) is 0 Å². The number of nitrogens with zero attached hydrogens (tertiary/aromatic N) is 2. The molecule has 2 amide bonds. The number of hydrogen-bond acceptors (Lipinski definition) is 7. The van der Waals surface area contributed by atoms with E-state index in [4.69, 9.17) is 18.9 Å². The number of imide groups is 1. The van der Waals surface area contributed by atoms with Gasteiger partial charge in [-0.1, -0.05) is 30.3 Å². The third kappa shape index (κ3) is 7.35. The molecule has 0 unspecified atom stereocenters. The summed E-state index contributed by atoms with van der Waals surface area (Å²) >= 11 is 0. The van der Waals surface area contributed by atoms with Gasteiger partial charge in [0.25, 0.3) is 0 Å². The average Bonchev–Trinajstić information content (AvgIpc) is 3.25. The van der Waals surface area contributed by atoms with Crippen molar-refractivity contribution in [1.29, 1.82) is 0 Å². The number of ether oxygens (including phenoxy) is 4. The lowest BCUT2D eigenvalue weighted by Crippen LogP contribution is -2.40. The van der Waals surface area contributed by atoms with Crippen LogP contribution in [0.25, 0.3) is 16.6 Å². The number of fused-ring (bicyclic) bond motifs is 1. The maximum Gasteiger partial charge on any atom is 0.421 e. The van der Waals surface area contributed by atoms with Crippen LogP contribution in [0.2, 0.25) is 0 Å². The Morgan fingerprint density at radius 1 is 0.907 bits per heavy atom. The quantitative estimate of drug-likeness (QED) is 0.188. The molecule has 0 radical (unpaired) electrons. The molecule has 0 aliphatic rings. The summed E-state index contributed by atoms with van der Waals surface area (Å²) < 4.78 is 24.7. The Bertz CT molecular complexity index is 1600. The van der Waals surface area contributed by atoms with Crippen LogP contribution in [0.4, 0.5) is 10.5 Å². The van der Waals surface area contributed by atoms with E-state index in [0.29, 0.717) is 34.7 Å². The van der Waals surface area contributed by atoms with E-state index >= 15 is 0 Å². The minimum absolute atomic E-state index is 0.00403. The van der Waals surface area contributed by atoms with Gasteiger partial charge in [0.15, 0.2) is 5.69 Å². The van der Waals surface area contributed by atoms with Crippen molar-refractivity contribution in [3.8, 4) is 17.2 Å². The van der Waals surface area contributed by atoms with E-state index in [2.05, 4.69) is 0 Å². The first-order valence-corrected chi connectivity index (χ1v) is 14.2. The minimum Gasteiger partial charge on any atom is -0.491 e. The van der Waals surface area contributed by atoms with E-state index in [1.54, 1.807) is 74.7 Å². The third-order valence-electron chi connectivity index (χ3n) is 6.21. The zero-order chi connectivity index (χ0) is 31.3. The van der Waals surface area contributed by atoms with E-state index in [-0.39, 0.29) is 24.1 Å². The third-order valence-corrected chi connectivity index (χ3v) is 6.21. The Kier molecular flexibility index (Phi) is 9.43. The summed E-state index contributed by atoms with van der Waals surface area (Å²) in [6.45, 7) is 12.3. The molecule has 0 atom stereocenters. The van der Waals surface area contributed by atoms with Gasteiger partial charge in [0, 0.05) is 18.0 Å². The number of hydrogen-bond donors (Lipinski definition) is 0. The lowest BCUT2D eigenvalue weighted by atomic mass is 10.1. The van der Waals surface area contributed by atoms with Crippen LogP contribution in [0.3, 0.4) is 0 Å². The van der Waals surface area contributed by atoms with E-state index in [1.165, 1.54) is 6.92 Å². The molecular formula is C34H38N2O7. The van der Waals surface area contributed by atoms with Crippen molar-refractivity contribution in [3.63, 3.8) is 0 Å². The van der Waals surface area contributed by atoms with Crippen molar-refractivity contribution in [3.05, 3.63) is 84.1 Å². The summed E-state index contributed by atoms with van der Waals surface area (Å²) in [4.78, 5) is 41.3. The maximum atomic E-state index is 13.7. The van der Waals surface area contributed by atoms with Gasteiger partial charge in [-0.15, -0.1) is 0 Å². The Morgan fingerprint density at radius 3 is 2.14 bits per heavy atom. The fraction of sp³-hybridized carbons (Fsp3) is 0.324. The van der Waals surface area contributed by atoms with Crippen LogP contribution in [0.5, 0.6) is 11.5 Å². The smallest absolute Gasteiger partial charge is 0.421 e. The van der Waals surface area contributed by atoms with Crippen molar-refractivity contribution in [2.75, 3.05) is 11.5 Å². The van der Waals surface area contributed by atoms with Gasteiger partial charge in [0.1, 0.15) is 23.7 Å². The summed E-state index contributed by atoms with van der Waals surface area (Å²) in [5, 5.41) is 0.428. The summed E-state index contributed by atoms with van der Waals surface area (Å²) in [5.74, 6) is -0.199. The van der Waals surface area contributed by atoms with Gasteiger partial charge in [0.2, 0.25) is 5.91 Å². The molecule has 0 saturated heterocycles. The highest BCUT2D eigenvalue weighted by molar-refractivity contribution is 6.21. The molecule has 3 aromatic carbocycles. The zero-order valence-corrected chi connectivity index (χ0v) is 25.7. The topological polar surface area (TPSA) is 96.3 Å². The lowest BCUT2D eigenvalue weighted by molar-refractivity contribution is -0.116. The number of carbonyl (C=O) groups is 3. The van der Waals surface area contributed by atoms with Crippen LogP contribution in [0, 0.1) is 0 Å². The van der Waals surface area contributed by atoms with E-state index in [0.717, 1.165) is 10.5 Å². The second kappa shape index (κ2) is 13.0. The van der Waals surface area contributed by atoms with Gasteiger partial charge in [-0.3, -0.25) is 4.79 Å². The maximum absolute atomic E-state index is 13.7. The zero-order valence-electron chi connectivity index (χ0n) is 25.7. The minimum atomic E-state index is -0.916. The van der Waals surface area contributed by atoms with Crippen LogP contribution in [0.1, 0.15) is 64.5 Å². The van der Waals surface area contributed by atoms with Crippen LogP contribution < -0.4 is 14.4 Å². The lowest BCUT2D eigenvalue weighted by Gasteiger charge is -2.26. The first kappa shape index (κ1) is 31.2. The number of rotatable bonds is 9. The standard InChI is InChI=1S/C34H38N2O7/c1-8-40-32(38)31-30(35(23(4)37)33(39)43-34(5,6)7)28-20-27(41-21-24-12-10-9-11-13-24)18-19-29(28)36(31)25-14-16-26(17-15-25)42-22(2)3/h9-20,22H,8,21H2,1-7H3.